The zero-order valence-corrected chi connectivity index (χ0v) is 12.8. The minimum atomic E-state index is 0.0261. The molecule has 0 bridgehead atoms. The van der Waals surface area contributed by atoms with Crippen molar-refractivity contribution in [2.45, 2.75) is 26.8 Å². The number of aromatic nitrogens is 2. The maximum absolute atomic E-state index is 6.11. The van der Waals surface area contributed by atoms with Crippen molar-refractivity contribution >= 4 is 17.3 Å². The van der Waals surface area contributed by atoms with Crippen molar-refractivity contribution in [2.75, 3.05) is 12.4 Å². The molecule has 1 aromatic carbocycles. The third-order valence-electron chi connectivity index (χ3n) is 3.18. The summed E-state index contributed by atoms with van der Waals surface area (Å²) < 4.78 is 5.37. The van der Waals surface area contributed by atoms with E-state index in [1.165, 1.54) is 0 Å². The van der Waals surface area contributed by atoms with Crippen molar-refractivity contribution in [3.63, 3.8) is 0 Å². The number of benzene rings is 1. The molecule has 20 heavy (non-hydrogen) atoms. The first kappa shape index (κ1) is 14.6. The minimum absolute atomic E-state index is 0.0261. The van der Waals surface area contributed by atoms with Gasteiger partial charge in [0.15, 0.2) is 0 Å². The number of nitrogens with zero attached hydrogens (tertiary/aromatic N) is 2. The molecule has 0 amide bonds. The van der Waals surface area contributed by atoms with E-state index in [2.05, 4.69) is 15.3 Å². The molecule has 0 radical (unpaired) electrons. The normalized spacial score (nSPS) is 12.1. The summed E-state index contributed by atoms with van der Waals surface area (Å²) in [4.78, 5) is 8.64. The number of halogens is 1. The Kier molecular flexibility index (Phi) is 4.45. The molecule has 0 saturated heterocycles. The van der Waals surface area contributed by atoms with Gasteiger partial charge in [-0.25, -0.2) is 0 Å². The summed E-state index contributed by atoms with van der Waals surface area (Å²) in [6, 6.07) is 3.82. The van der Waals surface area contributed by atoms with E-state index in [-0.39, 0.29) is 6.04 Å². The summed E-state index contributed by atoms with van der Waals surface area (Å²) in [5.74, 6) is 0.717. The lowest BCUT2D eigenvalue weighted by Gasteiger charge is -2.19. The minimum Gasteiger partial charge on any atom is -0.495 e. The Morgan fingerprint density at radius 1 is 1.20 bits per heavy atom. The van der Waals surface area contributed by atoms with Crippen LogP contribution >= 0.6 is 11.6 Å². The highest BCUT2D eigenvalue weighted by atomic mass is 35.5. The molecule has 0 aliphatic heterocycles. The Labute approximate surface area is 124 Å². The molecule has 106 valence electrons. The monoisotopic (exact) mass is 291 g/mol. The number of anilines is 1. The van der Waals surface area contributed by atoms with Crippen LogP contribution in [-0.4, -0.2) is 17.1 Å². The number of hydrogen-bond acceptors (Lipinski definition) is 4. The van der Waals surface area contributed by atoms with Crippen LogP contribution < -0.4 is 10.1 Å². The van der Waals surface area contributed by atoms with E-state index in [0.29, 0.717) is 10.8 Å². The number of methoxy groups -OCH3 is 1. The lowest BCUT2D eigenvalue weighted by atomic mass is 10.1. The molecule has 2 rings (SSSR count). The lowest BCUT2D eigenvalue weighted by Crippen LogP contribution is -2.11. The summed E-state index contributed by atoms with van der Waals surface area (Å²) in [7, 11) is 1.63. The maximum atomic E-state index is 6.11. The van der Waals surface area contributed by atoms with E-state index >= 15 is 0 Å². The van der Waals surface area contributed by atoms with Gasteiger partial charge in [-0.1, -0.05) is 11.6 Å². The first-order valence-corrected chi connectivity index (χ1v) is 6.79. The highest BCUT2D eigenvalue weighted by Gasteiger charge is 2.14. The van der Waals surface area contributed by atoms with Crippen molar-refractivity contribution < 1.29 is 4.74 Å². The fourth-order valence-corrected chi connectivity index (χ4v) is 2.24. The molecular formula is C15H18ClN3O. The van der Waals surface area contributed by atoms with Crippen LogP contribution in [0.15, 0.2) is 24.5 Å². The molecule has 0 fully saturated rings. The molecule has 0 aliphatic rings. The summed E-state index contributed by atoms with van der Waals surface area (Å²) in [5.41, 5.74) is 3.73. The van der Waals surface area contributed by atoms with E-state index in [1.807, 2.05) is 32.9 Å². The van der Waals surface area contributed by atoms with Crippen molar-refractivity contribution in [3.8, 4) is 5.75 Å². The van der Waals surface area contributed by atoms with Gasteiger partial charge >= 0.3 is 0 Å². The Hall–Kier alpha value is -1.81. The van der Waals surface area contributed by atoms with Gasteiger partial charge in [-0.3, -0.25) is 9.97 Å². The standard InChI is InChI=1S/C15H18ClN3O/c1-9-7-13(14(20-4)8-12(9)16)19-11(3)15-10(2)17-5-6-18-15/h5-8,11,19H,1-4H3. The van der Waals surface area contributed by atoms with Crippen LogP contribution in [-0.2, 0) is 0 Å². The average molecular weight is 292 g/mol. The molecule has 0 spiro atoms. The smallest absolute Gasteiger partial charge is 0.143 e. The Morgan fingerprint density at radius 2 is 1.90 bits per heavy atom. The van der Waals surface area contributed by atoms with Crippen molar-refractivity contribution in [1.29, 1.82) is 0 Å². The Balaban J connectivity index is 2.30. The predicted octanol–water partition coefficient (Wildman–Crippen LogP) is 3.93. The van der Waals surface area contributed by atoms with Gasteiger partial charge in [0.2, 0.25) is 0 Å². The van der Waals surface area contributed by atoms with Crippen molar-refractivity contribution in [3.05, 3.63) is 46.5 Å². The van der Waals surface area contributed by atoms with E-state index in [4.69, 9.17) is 16.3 Å². The van der Waals surface area contributed by atoms with Gasteiger partial charge in [0.1, 0.15) is 5.75 Å². The van der Waals surface area contributed by atoms with Gasteiger partial charge in [0.05, 0.1) is 30.2 Å². The van der Waals surface area contributed by atoms with Gasteiger partial charge in [0.25, 0.3) is 0 Å². The SMILES string of the molecule is COc1cc(Cl)c(C)cc1NC(C)c1nccnc1C. The molecule has 1 unspecified atom stereocenters. The maximum Gasteiger partial charge on any atom is 0.143 e. The number of hydrogen-bond donors (Lipinski definition) is 1. The second kappa shape index (κ2) is 6.09. The Morgan fingerprint density at radius 3 is 2.55 bits per heavy atom. The van der Waals surface area contributed by atoms with Crippen LogP contribution in [0.3, 0.4) is 0 Å². The van der Waals surface area contributed by atoms with Crippen molar-refractivity contribution in [2.24, 2.45) is 0 Å². The number of rotatable bonds is 4. The summed E-state index contributed by atoms with van der Waals surface area (Å²) in [6.07, 6.45) is 3.39. The van der Waals surface area contributed by atoms with Gasteiger partial charge in [0, 0.05) is 23.5 Å². The highest BCUT2D eigenvalue weighted by Crippen LogP contribution is 2.33. The van der Waals surface area contributed by atoms with Gasteiger partial charge in [-0.15, -0.1) is 0 Å². The molecule has 1 heterocycles. The molecule has 4 nitrogen and oxygen atoms in total. The molecule has 0 aliphatic carbocycles. The van der Waals surface area contributed by atoms with Gasteiger partial charge in [-0.2, -0.15) is 0 Å². The first-order chi connectivity index (χ1) is 9.52. The molecule has 1 N–H and O–H groups in total. The van der Waals surface area contributed by atoms with E-state index in [0.717, 1.165) is 22.6 Å². The zero-order valence-electron chi connectivity index (χ0n) is 12.1. The summed E-state index contributed by atoms with van der Waals surface area (Å²) in [5, 5.41) is 4.09. The second-order valence-corrected chi connectivity index (χ2v) is 5.10. The van der Waals surface area contributed by atoms with Gasteiger partial charge in [-0.05, 0) is 32.4 Å². The zero-order chi connectivity index (χ0) is 14.7. The number of aryl methyl sites for hydroxylation is 2. The molecule has 5 heteroatoms. The summed E-state index contributed by atoms with van der Waals surface area (Å²) in [6.45, 7) is 5.95. The second-order valence-electron chi connectivity index (χ2n) is 4.69. The topological polar surface area (TPSA) is 47.0 Å². The molecule has 1 aromatic heterocycles. The average Bonchev–Trinajstić information content (AvgIpc) is 2.43. The van der Waals surface area contributed by atoms with Crippen LogP contribution in [0.4, 0.5) is 5.69 Å². The van der Waals surface area contributed by atoms with Crippen LogP contribution in [0.2, 0.25) is 5.02 Å². The van der Waals surface area contributed by atoms with Crippen molar-refractivity contribution in [1.82, 2.24) is 9.97 Å². The fraction of sp³-hybridized carbons (Fsp3) is 0.333. The molecular weight excluding hydrogens is 274 g/mol. The first-order valence-electron chi connectivity index (χ1n) is 6.41. The third kappa shape index (κ3) is 3.02. The van der Waals surface area contributed by atoms with Crippen LogP contribution in [0.1, 0.15) is 29.9 Å². The molecule has 1 atom stereocenters. The van der Waals surface area contributed by atoms with Crippen LogP contribution in [0.5, 0.6) is 5.75 Å². The lowest BCUT2D eigenvalue weighted by molar-refractivity contribution is 0.416. The van der Waals surface area contributed by atoms with E-state index in [9.17, 15) is 0 Å². The number of ether oxygens (including phenoxy) is 1. The largest absolute Gasteiger partial charge is 0.495 e. The third-order valence-corrected chi connectivity index (χ3v) is 3.59. The Bertz CT molecular complexity index is 616. The van der Waals surface area contributed by atoms with Crippen LogP contribution in [0.25, 0.3) is 0 Å². The summed E-state index contributed by atoms with van der Waals surface area (Å²) >= 11 is 6.11. The molecule has 0 saturated carbocycles. The van der Waals surface area contributed by atoms with Gasteiger partial charge < -0.3 is 10.1 Å². The number of nitrogens with one attached hydrogen (secondary N) is 1. The van der Waals surface area contributed by atoms with Crippen LogP contribution in [0, 0.1) is 13.8 Å². The fourth-order valence-electron chi connectivity index (χ4n) is 2.09. The van der Waals surface area contributed by atoms with E-state index < -0.39 is 0 Å². The quantitative estimate of drug-likeness (QED) is 0.927. The predicted molar refractivity (Wildman–Crippen MR) is 81.5 cm³/mol. The molecule has 2 aromatic rings. The van der Waals surface area contributed by atoms with E-state index in [1.54, 1.807) is 19.5 Å². The highest BCUT2D eigenvalue weighted by molar-refractivity contribution is 6.31.